The SMILES string of the molecule is Nc1cnn(Cc2ccc(Br)o2)c1. The van der Waals surface area contributed by atoms with Crippen molar-refractivity contribution in [2.24, 2.45) is 0 Å². The van der Waals surface area contributed by atoms with Crippen LogP contribution in [0.2, 0.25) is 0 Å². The van der Waals surface area contributed by atoms with E-state index in [0.29, 0.717) is 12.2 Å². The first-order valence-corrected chi connectivity index (χ1v) is 4.55. The van der Waals surface area contributed by atoms with Gasteiger partial charge in [0.15, 0.2) is 4.67 Å². The quantitative estimate of drug-likeness (QED) is 0.874. The van der Waals surface area contributed by atoms with Gasteiger partial charge < -0.3 is 10.2 Å². The van der Waals surface area contributed by atoms with Crippen LogP contribution in [0, 0.1) is 0 Å². The molecule has 2 rings (SSSR count). The van der Waals surface area contributed by atoms with Crippen LogP contribution in [0.1, 0.15) is 5.76 Å². The highest BCUT2D eigenvalue weighted by atomic mass is 79.9. The molecule has 0 bridgehead atoms. The van der Waals surface area contributed by atoms with E-state index >= 15 is 0 Å². The van der Waals surface area contributed by atoms with E-state index in [-0.39, 0.29) is 0 Å². The van der Waals surface area contributed by atoms with Gasteiger partial charge in [0.1, 0.15) is 5.76 Å². The summed E-state index contributed by atoms with van der Waals surface area (Å²) in [6, 6.07) is 3.74. The number of nitrogen functional groups attached to an aromatic ring is 1. The number of aromatic nitrogens is 2. The third-order valence-electron chi connectivity index (χ3n) is 1.60. The topological polar surface area (TPSA) is 57.0 Å². The van der Waals surface area contributed by atoms with E-state index in [0.717, 1.165) is 10.4 Å². The molecule has 0 fully saturated rings. The Morgan fingerprint density at radius 3 is 2.92 bits per heavy atom. The van der Waals surface area contributed by atoms with Crippen molar-refractivity contribution >= 4 is 21.6 Å². The molecule has 0 spiro atoms. The number of nitrogens with zero attached hydrogens (tertiary/aromatic N) is 2. The predicted octanol–water partition coefficient (Wildman–Crippen LogP) is 1.87. The Bertz CT molecular complexity index is 369. The molecular formula is C8H8BrN3O. The van der Waals surface area contributed by atoms with Crippen molar-refractivity contribution in [1.29, 1.82) is 0 Å². The molecule has 5 heteroatoms. The van der Waals surface area contributed by atoms with Crippen molar-refractivity contribution in [2.75, 3.05) is 5.73 Å². The number of nitrogens with two attached hydrogens (primary N) is 1. The summed E-state index contributed by atoms with van der Waals surface area (Å²) in [4.78, 5) is 0. The smallest absolute Gasteiger partial charge is 0.169 e. The fraction of sp³-hybridized carbons (Fsp3) is 0.125. The molecule has 4 nitrogen and oxygen atoms in total. The van der Waals surface area contributed by atoms with Gasteiger partial charge in [0.25, 0.3) is 0 Å². The lowest BCUT2D eigenvalue weighted by Crippen LogP contribution is -1.98. The van der Waals surface area contributed by atoms with Gasteiger partial charge in [-0.2, -0.15) is 5.10 Å². The maximum Gasteiger partial charge on any atom is 0.169 e. The number of halogens is 1. The Labute approximate surface area is 83.5 Å². The first-order chi connectivity index (χ1) is 6.24. The molecule has 2 aromatic heterocycles. The Balaban J connectivity index is 2.14. The second kappa shape index (κ2) is 3.26. The Morgan fingerprint density at radius 1 is 1.54 bits per heavy atom. The first-order valence-electron chi connectivity index (χ1n) is 3.76. The Hall–Kier alpha value is -1.23. The third-order valence-corrected chi connectivity index (χ3v) is 2.03. The first kappa shape index (κ1) is 8.37. The molecule has 0 unspecified atom stereocenters. The average molecular weight is 242 g/mol. The maximum absolute atomic E-state index is 5.51. The molecule has 2 N–H and O–H groups in total. The lowest BCUT2D eigenvalue weighted by Gasteiger charge is -1.95. The fourth-order valence-corrected chi connectivity index (χ4v) is 1.40. The van der Waals surface area contributed by atoms with Gasteiger partial charge in [-0.05, 0) is 28.1 Å². The van der Waals surface area contributed by atoms with Crippen LogP contribution in [0.25, 0.3) is 0 Å². The molecule has 13 heavy (non-hydrogen) atoms. The summed E-state index contributed by atoms with van der Waals surface area (Å²) >= 11 is 3.23. The molecule has 0 saturated carbocycles. The van der Waals surface area contributed by atoms with Crippen molar-refractivity contribution in [3.05, 3.63) is 35.0 Å². The highest BCUT2D eigenvalue weighted by Gasteiger charge is 2.01. The zero-order chi connectivity index (χ0) is 9.26. The van der Waals surface area contributed by atoms with Gasteiger partial charge in [0.05, 0.1) is 18.4 Å². The number of anilines is 1. The van der Waals surface area contributed by atoms with Gasteiger partial charge in [-0.25, -0.2) is 0 Å². The molecule has 0 aliphatic carbocycles. The third kappa shape index (κ3) is 1.92. The maximum atomic E-state index is 5.51. The molecule has 0 aromatic carbocycles. The molecular weight excluding hydrogens is 234 g/mol. The number of hydrogen-bond donors (Lipinski definition) is 1. The highest BCUT2D eigenvalue weighted by Crippen LogP contribution is 2.14. The molecule has 0 aliphatic rings. The average Bonchev–Trinajstić information content (AvgIpc) is 2.62. The van der Waals surface area contributed by atoms with E-state index in [4.69, 9.17) is 10.2 Å². The van der Waals surface area contributed by atoms with Gasteiger partial charge in [-0.3, -0.25) is 4.68 Å². The molecule has 0 atom stereocenters. The second-order valence-electron chi connectivity index (χ2n) is 2.68. The lowest BCUT2D eigenvalue weighted by molar-refractivity contribution is 0.462. The number of rotatable bonds is 2. The minimum Gasteiger partial charge on any atom is -0.452 e. The van der Waals surface area contributed by atoms with Crippen LogP contribution in [0.15, 0.2) is 33.6 Å². The zero-order valence-corrected chi connectivity index (χ0v) is 8.36. The summed E-state index contributed by atoms with van der Waals surface area (Å²) in [5.41, 5.74) is 6.17. The van der Waals surface area contributed by atoms with Crippen LogP contribution in [0.5, 0.6) is 0 Å². The van der Waals surface area contributed by atoms with Crippen molar-refractivity contribution in [2.45, 2.75) is 6.54 Å². The number of furan rings is 1. The summed E-state index contributed by atoms with van der Waals surface area (Å²) in [5.74, 6) is 0.843. The van der Waals surface area contributed by atoms with Crippen molar-refractivity contribution in [1.82, 2.24) is 9.78 Å². The van der Waals surface area contributed by atoms with Crippen LogP contribution in [0.3, 0.4) is 0 Å². The number of hydrogen-bond acceptors (Lipinski definition) is 3. The zero-order valence-electron chi connectivity index (χ0n) is 6.77. The normalized spacial score (nSPS) is 10.5. The second-order valence-corrected chi connectivity index (χ2v) is 3.46. The van der Waals surface area contributed by atoms with Crippen LogP contribution >= 0.6 is 15.9 Å². The molecule has 2 aromatic rings. The van der Waals surface area contributed by atoms with Gasteiger partial charge in [-0.1, -0.05) is 0 Å². The van der Waals surface area contributed by atoms with Crippen molar-refractivity contribution < 1.29 is 4.42 Å². The summed E-state index contributed by atoms with van der Waals surface area (Å²) in [6.07, 6.45) is 3.37. The molecule has 0 radical (unpaired) electrons. The van der Waals surface area contributed by atoms with Gasteiger partial charge >= 0.3 is 0 Å². The Morgan fingerprint density at radius 2 is 2.38 bits per heavy atom. The largest absolute Gasteiger partial charge is 0.452 e. The van der Waals surface area contributed by atoms with E-state index < -0.39 is 0 Å². The summed E-state index contributed by atoms with van der Waals surface area (Å²) < 4.78 is 7.76. The highest BCUT2D eigenvalue weighted by molar-refractivity contribution is 9.10. The molecule has 0 aliphatic heterocycles. The monoisotopic (exact) mass is 241 g/mol. The molecule has 2 heterocycles. The summed E-state index contributed by atoms with van der Waals surface area (Å²) in [5, 5.41) is 4.04. The summed E-state index contributed by atoms with van der Waals surface area (Å²) in [7, 11) is 0. The standard InChI is InChI=1S/C8H8BrN3O/c9-8-2-1-7(13-8)5-12-4-6(10)3-11-12/h1-4H,5,10H2. The van der Waals surface area contributed by atoms with E-state index in [9.17, 15) is 0 Å². The van der Waals surface area contributed by atoms with Gasteiger partial charge in [0.2, 0.25) is 0 Å². The van der Waals surface area contributed by atoms with E-state index in [1.807, 2.05) is 12.1 Å². The van der Waals surface area contributed by atoms with E-state index in [1.54, 1.807) is 17.1 Å². The molecule has 68 valence electrons. The lowest BCUT2D eigenvalue weighted by atomic mass is 10.4. The minimum absolute atomic E-state index is 0.600. The minimum atomic E-state index is 0.600. The fourth-order valence-electron chi connectivity index (χ4n) is 1.06. The van der Waals surface area contributed by atoms with Gasteiger partial charge in [-0.15, -0.1) is 0 Å². The molecule has 0 saturated heterocycles. The Kier molecular flexibility index (Phi) is 2.10. The van der Waals surface area contributed by atoms with Crippen LogP contribution < -0.4 is 5.73 Å². The van der Waals surface area contributed by atoms with Crippen LogP contribution in [0.4, 0.5) is 5.69 Å². The predicted molar refractivity (Wildman–Crippen MR) is 52.1 cm³/mol. The van der Waals surface area contributed by atoms with E-state index in [1.165, 1.54) is 0 Å². The molecule has 0 amide bonds. The van der Waals surface area contributed by atoms with Gasteiger partial charge in [0, 0.05) is 6.20 Å². The van der Waals surface area contributed by atoms with Crippen LogP contribution in [-0.4, -0.2) is 9.78 Å². The van der Waals surface area contributed by atoms with Crippen molar-refractivity contribution in [3.8, 4) is 0 Å². The van der Waals surface area contributed by atoms with Crippen molar-refractivity contribution in [3.63, 3.8) is 0 Å². The van der Waals surface area contributed by atoms with Crippen LogP contribution in [-0.2, 0) is 6.54 Å². The van der Waals surface area contributed by atoms with E-state index in [2.05, 4.69) is 21.0 Å². The summed E-state index contributed by atoms with van der Waals surface area (Å²) in [6.45, 7) is 0.600.